The molecule has 4 nitrogen and oxygen atoms in total. The summed E-state index contributed by atoms with van der Waals surface area (Å²) in [5.41, 5.74) is 7.35. The lowest BCUT2D eigenvalue weighted by molar-refractivity contribution is 0.143. The van der Waals surface area contributed by atoms with Crippen LogP contribution >= 0.6 is 11.8 Å². The Hall–Kier alpha value is -0.910. The fourth-order valence-electron chi connectivity index (χ4n) is 2.46. The minimum atomic E-state index is 0.0338. The molecule has 2 N–H and O–H groups in total. The summed E-state index contributed by atoms with van der Waals surface area (Å²) in [6.45, 7) is 4.31. The highest BCUT2D eigenvalue weighted by Crippen LogP contribution is 2.33. The molecule has 1 atom stereocenters. The first-order valence-corrected chi connectivity index (χ1v) is 8.77. The number of hydrogen-bond acceptors (Lipinski definition) is 5. The van der Waals surface area contributed by atoms with Crippen LogP contribution in [-0.4, -0.2) is 49.4 Å². The van der Waals surface area contributed by atoms with Gasteiger partial charge in [0.05, 0.1) is 0 Å². The van der Waals surface area contributed by atoms with Gasteiger partial charge in [0.25, 0.3) is 0 Å². The first-order valence-electron chi connectivity index (χ1n) is 7.38. The van der Waals surface area contributed by atoms with Gasteiger partial charge in [0.15, 0.2) is 11.5 Å². The monoisotopic (exact) mass is 310 g/mol. The van der Waals surface area contributed by atoms with Gasteiger partial charge in [0.2, 0.25) is 6.79 Å². The third-order valence-electron chi connectivity index (χ3n) is 4.38. The summed E-state index contributed by atoms with van der Waals surface area (Å²) >= 11 is 1.87. The van der Waals surface area contributed by atoms with E-state index in [1.807, 2.05) is 17.8 Å². The van der Waals surface area contributed by atoms with Gasteiger partial charge in [-0.3, -0.25) is 4.90 Å². The van der Waals surface area contributed by atoms with Gasteiger partial charge in [-0.25, -0.2) is 0 Å². The van der Waals surface area contributed by atoms with E-state index < -0.39 is 0 Å². The van der Waals surface area contributed by atoms with Gasteiger partial charge in [-0.2, -0.15) is 11.8 Å². The van der Waals surface area contributed by atoms with Crippen molar-refractivity contribution in [2.24, 2.45) is 5.73 Å². The molecule has 118 valence electrons. The van der Waals surface area contributed by atoms with Crippen molar-refractivity contribution in [3.05, 3.63) is 23.8 Å². The maximum Gasteiger partial charge on any atom is 0.231 e. The smallest absolute Gasteiger partial charge is 0.231 e. The molecule has 1 heterocycles. The van der Waals surface area contributed by atoms with Crippen molar-refractivity contribution >= 4 is 11.8 Å². The van der Waals surface area contributed by atoms with Crippen molar-refractivity contribution in [2.45, 2.75) is 25.3 Å². The highest BCUT2D eigenvalue weighted by molar-refractivity contribution is 7.98. The van der Waals surface area contributed by atoms with Crippen LogP contribution in [0.25, 0.3) is 0 Å². The van der Waals surface area contributed by atoms with Crippen LogP contribution < -0.4 is 15.2 Å². The Bertz CT molecular complexity index is 470. The molecule has 5 heteroatoms. The normalized spacial score (nSPS) is 16.2. The molecule has 1 aromatic carbocycles. The molecule has 1 unspecified atom stereocenters. The van der Waals surface area contributed by atoms with Gasteiger partial charge < -0.3 is 15.2 Å². The predicted octanol–water partition coefficient (Wildman–Crippen LogP) is 2.36. The van der Waals surface area contributed by atoms with Crippen molar-refractivity contribution in [3.8, 4) is 11.5 Å². The second-order valence-electron chi connectivity index (χ2n) is 5.80. The predicted molar refractivity (Wildman–Crippen MR) is 89.4 cm³/mol. The molecule has 0 fully saturated rings. The number of fused-ring (bicyclic) bond motifs is 1. The number of thioether (sulfide) groups is 1. The molecule has 21 heavy (non-hydrogen) atoms. The summed E-state index contributed by atoms with van der Waals surface area (Å²) in [6, 6.07) is 6.20. The highest BCUT2D eigenvalue weighted by Gasteiger charge is 2.27. The topological polar surface area (TPSA) is 47.7 Å². The Balaban J connectivity index is 1.95. The molecule has 0 radical (unpaired) electrons. The minimum absolute atomic E-state index is 0.0338. The first kappa shape index (κ1) is 16.5. The molecule has 0 amide bonds. The lowest BCUT2D eigenvalue weighted by Gasteiger charge is -2.38. The van der Waals surface area contributed by atoms with E-state index in [9.17, 15) is 0 Å². The summed E-state index contributed by atoms with van der Waals surface area (Å²) in [5.74, 6) is 2.84. The van der Waals surface area contributed by atoms with Gasteiger partial charge in [-0.15, -0.1) is 0 Å². The standard InChI is InChI=1S/C16H26N2O2S/c1-16(11-17,18(2)8-9-21-3)7-6-13-4-5-14-15(10-13)20-12-19-14/h4-5,10H,6-9,11-12,17H2,1-3H3. The zero-order valence-corrected chi connectivity index (χ0v) is 14.0. The fourth-order valence-corrected chi connectivity index (χ4v) is 2.91. The Morgan fingerprint density at radius 3 is 2.81 bits per heavy atom. The Labute approximate surface area is 132 Å². The van der Waals surface area contributed by atoms with Crippen LogP contribution in [0.1, 0.15) is 18.9 Å². The third kappa shape index (κ3) is 4.05. The van der Waals surface area contributed by atoms with Gasteiger partial charge >= 0.3 is 0 Å². The third-order valence-corrected chi connectivity index (χ3v) is 4.97. The van der Waals surface area contributed by atoms with Crippen LogP contribution in [0.15, 0.2) is 18.2 Å². The van der Waals surface area contributed by atoms with E-state index in [1.54, 1.807) is 0 Å². The van der Waals surface area contributed by atoms with Gasteiger partial charge in [0, 0.05) is 24.4 Å². The number of rotatable bonds is 8. The average Bonchev–Trinajstić information content (AvgIpc) is 2.97. The zero-order valence-electron chi connectivity index (χ0n) is 13.2. The van der Waals surface area contributed by atoms with E-state index in [1.165, 1.54) is 5.56 Å². The van der Waals surface area contributed by atoms with Gasteiger partial charge in [0.1, 0.15) is 0 Å². The number of nitrogens with two attached hydrogens (primary N) is 1. The Morgan fingerprint density at radius 1 is 1.33 bits per heavy atom. The van der Waals surface area contributed by atoms with Crippen LogP contribution in [-0.2, 0) is 6.42 Å². The van der Waals surface area contributed by atoms with Crippen LogP contribution in [0.3, 0.4) is 0 Å². The molecule has 0 spiro atoms. The highest BCUT2D eigenvalue weighted by atomic mass is 32.2. The van der Waals surface area contributed by atoms with E-state index in [0.717, 1.165) is 36.6 Å². The summed E-state index contributed by atoms with van der Waals surface area (Å²) in [4.78, 5) is 2.39. The van der Waals surface area contributed by atoms with E-state index >= 15 is 0 Å². The lowest BCUT2D eigenvalue weighted by Crippen LogP contribution is -2.50. The number of nitrogens with zero attached hydrogens (tertiary/aromatic N) is 1. The Kier molecular flexibility index (Phi) is 5.79. The number of benzene rings is 1. The zero-order chi connectivity index (χ0) is 15.3. The SMILES string of the molecule is CSCCN(C)C(C)(CN)CCc1ccc2c(c1)OCO2. The fraction of sp³-hybridized carbons (Fsp3) is 0.625. The maximum absolute atomic E-state index is 6.04. The van der Waals surface area contributed by atoms with Gasteiger partial charge in [-0.05, 0) is 50.8 Å². The minimum Gasteiger partial charge on any atom is -0.454 e. The van der Waals surface area contributed by atoms with Crippen LogP contribution in [0.5, 0.6) is 11.5 Å². The molecule has 1 aliphatic heterocycles. The number of aryl methyl sites for hydroxylation is 1. The van der Waals surface area contributed by atoms with Crippen molar-refractivity contribution < 1.29 is 9.47 Å². The van der Waals surface area contributed by atoms with Gasteiger partial charge in [-0.1, -0.05) is 6.07 Å². The maximum atomic E-state index is 6.04. The number of ether oxygens (including phenoxy) is 2. The first-order chi connectivity index (χ1) is 10.1. The molecular weight excluding hydrogens is 284 g/mol. The van der Waals surface area contributed by atoms with Crippen molar-refractivity contribution in [1.29, 1.82) is 0 Å². The van der Waals surface area contributed by atoms with E-state index in [2.05, 4.69) is 37.3 Å². The second-order valence-corrected chi connectivity index (χ2v) is 6.79. The molecule has 0 aliphatic carbocycles. The summed E-state index contributed by atoms with van der Waals surface area (Å²) in [7, 11) is 2.17. The molecule has 1 aromatic rings. The second kappa shape index (κ2) is 7.38. The lowest BCUT2D eigenvalue weighted by atomic mass is 9.91. The van der Waals surface area contributed by atoms with Crippen molar-refractivity contribution in [2.75, 3.05) is 38.9 Å². The van der Waals surface area contributed by atoms with Crippen LogP contribution in [0, 0.1) is 0 Å². The van der Waals surface area contributed by atoms with Crippen molar-refractivity contribution in [3.63, 3.8) is 0 Å². The van der Waals surface area contributed by atoms with Crippen LogP contribution in [0.4, 0.5) is 0 Å². The molecular formula is C16H26N2O2S. The molecule has 1 aliphatic rings. The number of hydrogen-bond donors (Lipinski definition) is 1. The van der Waals surface area contributed by atoms with E-state index in [-0.39, 0.29) is 5.54 Å². The number of likely N-dealkylation sites (N-methyl/N-ethyl adjacent to an activating group) is 1. The summed E-state index contributed by atoms with van der Waals surface area (Å²) < 4.78 is 10.8. The summed E-state index contributed by atoms with van der Waals surface area (Å²) in [6.07, 6.45) is 4.17. The molecule has 0 bridgehead atoms. The largest absolute Gasteiger partial charge is 0.454 e. The van der Waals surface area contributed by atoms with E-state index in [0.29, 0.717) is 13.3 Å². The van der Waals surface area contributed by atoms with E-state index in [4.69, 9.17) is 15.2 Å². The van der Waals surface area contributed by atoms with Crippen LogP contribution in [0.2, 0.25) is 0 Å². The molecule has 0 aromatic heterocycles. The molecule has 0 saturated carbocycles. The summed E-state index contributed by atoms with van der Waals surface area (Å²) in [5, 5.41) is 0. The average molecular weight is 310 g/mol. The quantitative estimate of drug-likeness (QED) is 0.799. The molecule has 2 rings (SSSR count). The Morgan fingerprint density at radius 2 is 2.10 bits per heavy atom. The van der Waals surface area contributed by atoms with Crippen molar-refractivity contribution in [1.82, 2.24) is 4.90 Å². The molecule has 0 saturated heterocycles.